The van der Waals surface area contributed by atoms with E-state index in [4.69, 9.17) is 0 Å². The summed E-state index contributed by atoms with van der Waals surface area (Å²) < 4.78 is 0. The van der Waals surface area contributed by atoms with Crippen molar-refractivity contribution in [3.05, 3.63) is 11.4 Å². The van der Waals surface area contributed by atoms with Crippen LogP contribution in [-0.2, 0) is 0 Å². The highest BCUT2D eigenvalue weighted by atomic mass is 28.4. The average Bonchev–Trinajstić information content (AvgIpc) is 1.78. The highest BCUT2D eigenvalue weighted by Gasteiger charge is 2.10. The Morgan fingerprint density at radius 2 is 1.80 bits per heavy atom. The maximum atomic E-state index is 2.52. The zero-order chi connectivity index (χ0) is 8.04. The lowest BCUT2D eigenvalue weighted by Crippen LogP contribution is -2.21. The second-order valence-electron chi connectivity index (χ2n) is 3.98. The molecule has 0 aromatic carbocycles. The van der Waals surface area contributed by atoms with Crippen LogP contribution in [0.15, 0.2) is 11.4 Å². The van der Waals surface area contributed by atoms with Gasteiger partial charge in [0.15, 0.2) is 0 Å². The molecule has 0 N–H and O–H groups in total. The Morgan fingerprint density at radius 1 is 1.20 bits per heavy atom. The molecule has 0 spiro atoms. The molecule has 0 bridgehead atoms. The van der Waals surface area contributed by atoms with E-state index < -0.39 is 8.07 Å². The molecule has 0 fully saturated rings. The summed E-state index contributed by atoms with van der Waals surface area (Å²) in [7, 11) is -0.250. The zero-order valence-electron chi connectivity index (χ0n) is 7.78. The Hall–Kier alpha value is 0.391. The van der Waals surface area contributed by atoms with E-state index in [-0.39, 0.29) is 19.0 Å². The van der Waals surface area contributed by atoms with Gasteiger partial charge in [-0.15, -0.1) is 11.4 Å². The maximum Gasteiger partial charge on any atom is 0.0418 e. The first kappa shape index (κ1) is 10.4. The van der Waals surface area contributed by atoms with Crippen LogP contribution in [0.4, 0.5) is 0 Å². The van der Waals surface area contributed by atoms with Crippen LogP contribution in [0.2, 0.25) is 31.9 Å². The molecule has 0 aliphatic carbocycles. The van der Waals surface area contributed by atoms with Crippen LogP contribution in [0.1, 0.15) is 0 Å². The number of hydrogen-bond acceptors (Lipinski definition) is 0. The summed E-state index contributed by atoms with van der Waals surface area (Å²) in [5, 5.41) is 0. The molecule has 0 aromatic rings. The lowest BCUT2D eigenvalue weighted by molar-refractivity contribution is 1.63. The smallest absolute Gasteiger partial charge is 0.0418 e. The molecule has 0 atom stereocenters. The van der Waals surface area contributed by atoms with E-state index in [0.29, 0.717) is 0 Å². The lowest BCUT2D eigenvalue weighted by Gasteiger charge is -2.12. The van der Waals surface area contributed by atoms with Crippen LogP contribution in [-0.4, -0.2) is 27.1 Å². The van der Waals surface area contributed by atoms with Gasteiger partial charge in [0.2, 0.25) is 0 Å². The van der Waals surface area contributed by atoms with Gasteiger partial charge in [-0.2, -0.15) is 0 Å². The fourth-order valence-electron chi connectivity index (χ4n) is 0.801. The van der Waals surface area contributed by atoms with Crippen molar-refractivity contribution >= 4 is 27.1 Å². The van der Waals surface area contributed by atoms with Crippen LogP contribution in [0, 0.1) is 0 Å². The van der Waals surface area contributed by atoms with Crippen LogP contribution in [0.3, 0.4) is 0 Å². The van der Waals surface area contributed by atoms with Crippen molar-refractivity contribution in [2.75, 3.05) is 0 Å². The Morgan fingerprint density at radius 3 is 2.20 bits per heavy atom. The summed E-state index contributed by atoms with van der Waals surface area (Å²) in [6.45, 7) is 9.76. The van der Waals surface area contributed by atoms with E-state index in [1.54, 1.807) is 5.67 Å². The highest BCUT2D eigenvalue weighted by Crippen LogP contribution is 2.05. The first-order chi connectivity index (χ1) is 4.56. The first-order valence-corrected chi connectivity index (χ1v) is 12.0. The molecule has 0 radical (unpaired) electrons. The van der Waals surface area contributed by atoms with Gasteiger partial charge in [0.1, 0.15) is 0 Å². The zero-order valence-corrected chi connectivity index (χ0v) is 11.6. The van der Waals surface area contributed by atoms with Crippen molar-refractivity contribution in [1.29, 1.82) is 0 Å². The van der Waals surface area contributed by atoms with Crippen molar-refractivity contribution in [3.8, 4) is 0 Å². The minimum absolute atomic E-state index is 0.212. The van der Waals surface area contributed by atoms with Crippen molar-refractivity contribution in [2.24, 2.45) is 0 Å². The number of rotatable bonds is 4. The second-order valence-corrected chi connectivity index (χ2v) is 13.4. The van der Waals surface area contributed by atoms with Gasteiger partial charge in [-0.25, -0.2) is 0 Å². The molecule has 0 saturated carbocycles. The molecule has 0 amide bonds. The Labute approximate surface area is 70.8 Å². The molecule has 0 unspecified atom stereocenters. The van der Waals surface area contributed by atoms with E-state index in [1.165, 1.54) is 0 Å². The summed E-state index contributed by atoms with van der Waals surface area (Å²) in [5.74, 6) is 0. The normalized spacial score (nSPS) is 15.2. The molecule has 0 rings (SSSR count). The summed E-state index contributed by atoms with van der Waals surface area (Å²) in [6, 6.07) is 0. The highest BCUT2D eigenvalue weighted by molar-refractivity contribution is 6.84. The molecule has 0 nitrogen and oxygen atoms in total. The molecule has 3 heteroatoms. The molecule has 0 heterocycles. The van der Waals surface area contributed by atoms with Crippen LogP contribution in [0.5, 0.6) is 0 Å². The third-order valence-electron chi connectivity index (χ3n) is 1.46. The molecule has 60 valence electrons. The largest absolute Gasteiger partial charge is 0.110 e. The van der Waals surface area contributed by atoms with Gasteiger partial charge < -0.3 is 0 Å². The van der Waals surface area contributed by atoms with Gasteiger partial charge in [0, 0.05) is 27.1 Å². The van der Waals surface area contributed by atoms with Crippen molar-refractivity contribution in [1.82, 2.24) is 0 Å². The fraction of sp³-hybridized carbons (Fsp3) is 0.714. The predicted octanol–water partition coefficient (Wildman–Crippen LogP) is 1.14. The van der Waals surface area contributed by atoms with Crippen molar-refractivity contribution in [2.45, 2.75) is 31.9 Å². The lowest BCUT2D eigenvalue weighted by atomic mass is 11.2. The standard InChI is InChI=1S/C7H20Si3/c1-8-5-6-9-7-10(2,3)4/h5-6H,7-9H2,1-4H3. The third kappa shape index (κ3) is 8.39. The predicted molar refractivity (Wildman–Crippen MR) is 60.2 cm³/mol. The molecular formula is C7H20Si3. The third-order valence-corrected chi connectivity index (χ3v) is 10.8. The van der Waals surface area contributed by atoms with E-state index in [0.717, 1.165) is 0 Å². The molecular weight excluding hydrogens is 168 g/mol. The molecule has 0 aliphatic heterocycles. The van der Waals surface area contributed by atoms with Gasteiger partial charge in [0.25, 0.3) is 0 Å². The fourth-order valence-corrected chi connectivity index (χ4v) is 7.21. The summed E-state index contributed by atoms with van der Waals surface area (Å²) in [6.07, 6.45) is 0. The maximum absolute atomic E-state index is 2.52. The van der Waals surface area contributed by atoms with E-state index in [9.17, 15) is 0 Å². The Kier molecular flexibility index (Phi) is 5.29. The quantitative estimate of drug-likeness (QED) is 0.581. The monoisotopic (exact) mass is 188 g/mol. The van der Waals surface area contributed by atoms with E-state index in [2.05, 4.69) is 37.6 Å². The van der Waals surface area contributed by atoms with Crippen LogP contribution >= 0.6 is 0 Å². The average molecular weight is 188 g/mol. The first-order valence-electron chi connectivity index (χ1n) is 4.21. The van der Waals surface area contributed by atoms with Crippen LogP contribution < -0.4 is 0 Å². The summed E-state index contributed by atoms with van der Waals surface area (Å²) in [5.41, 5.74) is 6.58. The summed E-state index contributed by atoms with van der Waals surface area (Å²) in [4.78, 5) is 0. The van der Waals surface area contributed by atoms with E-state index in [1.807, 2.05) is 0 Å². The molecule has 0 saturated heterocycles. The van der Waals surface area contributed by atoms with E-state index >= 15 is 0 Å². The minimum Gasteiger partial charge on any atom is -0.110 e. The Bertz CT molecular complexity index is 102. The minimum atomic E-state index is -0.681. The number of hydrogen-bond donors (Lipinski definition) is 0. The molecule has 10 heavy (non-hydrogen) atoms. The van der Waals surface area contributed by atoms with Gasteiger partial charge in [-0.05, 0) is 0 Å². The van der Waals surface area contributed by atoms with Gasteiger partial charge >= 0.3 is 0 Å². The van der Waals surface area contributed by atoms with Gasteiger partial charge in [-0.1, -0.05) is 31.9 Å². The van der Waals surface area contributed by atoms with Gasteiger partial charge in [-0.3, -0.25) is 0 Å². The summed E-state index contributed by atoms with van der Waals surface area (Å²) >= 11 is 0. The van der Waals surface area contributed by atoms with Gasteiger partial charge in [0.05, 0.1) is 0 Å². The molecule has 0 aromatic heterocycles. The van der Waals surface area contributed by atoms with Crippen LogP contribution in [0.25, 0.3) is 0 Å². The molecule has 0 aliphatic rings. The second kappa shape index (κ2) is 5.10. The van der Waals surface area contributed by atoms with Crippen molar-refractivity contribution < 1.29 is 0 Å². The SMILES string of the molecule is C[SiH2]C=C[SiH2]C[Si](C)(C)C. The topological polar surface area (TPSA) is 0 Å². The Balaban J connectivity index is 3.28. The van der Waals surface area contributed by atoms with Crippen molar-refractivity contribution in [3.63, 3.8) is 0 Å².